The molecule has 0 saturated heterocycles. The van der Waals surface area contributed by atoms with E-state index in [9.17, 15) is 0 Å². The first kappa shape index (κ1) is 83.9. The summed E-state index contributed by atoms with van der Waals surface area (Å²) in [4.78, 5) is 0. The van der Waals surface area contributed by atoms with Crippen LogP contribution in [0.25, 0.3) is 0 Å². The van der Waals surface area contributed by atoms with Crippen LogP contribution in [0.4, 0.5) is 0 Å². The molecule has 0 amide bonds. The van der Waals surface area contributed by atoms with E-state index in [0.29, 0.717) is 0 Å². The zero-order chi connectivity index (χ0) is 0. The summed E-state index contributed by atoms with van der Waals surface area (Å²) < 4.78 is 0. The zero-order valence-corrected chi connectivity index (χ0v) is 10.2. The van der Waals surface area contributed by atoms with E-state index >= 15 is 0 Å². The smallest absolute Gasteiger partial charge is 0.0149 e. The van der Waals surface area contributed by atoms with Gasteiger partial charge in [0.2, 0.25) is 0 Å². The first-order chi connectivity index (χ1) is 0. The van der Waals surface area contributed by atoms with Crippen molar-refractivity contribution in [1.82, 2.24) is 0 Å². The fourth-order valence-corrected chi connectivity index (χ4v) is 0. The van der Waals surface area contributed by atoms with Crippen LogP contribution in [0.3, 0.4) is 0 Å². The van der Waals surface area contributed by atoms with E-state index in [1.807, 2.05) is 0 Å². The van der Waals surface area contributed by atoms with E-state index in [4.69, 9.17) is 0 Å². The van der Waals surface area contributed by atoms with Gasteiger partial charge < -0.3 is 11.0 Å². The molecule has 0 fully saturated rings. The Balaban J connectivity index is 0. The second kappa shape index (κ2) is 54.9. The van der Waals surface area contributed by atoms with Crippen molar-refractivity contribution in [3.05, 3.63) is 0 Å². The molecule has 0 aromatic carbocycles. The van der Waals surface area contributed by atoms with Crippen molar-refractivity contribution >= 4 is 28.0 Å². The molecule has 0 N–H and O–H groups in total. The second-order valence-electron chi connectivity index (χ2n) is 0. The largest absolute Gasteiger partial charge is 4.00 e. The van der Waals surface area contributed by atoms with Crippen molar-refractivity contribution in [3.8, 4) is 0 Å². The molecule has 0 saturated carbocycles. The predicted molar refractivity (Wildman–Crippen MR) is 21.3 cm³/mol. The summed E-state index contributed by atoms with van der Waals surface area (Å²) in [5, 5.41) is 0. The quantitative estimate of drug-likeness (QED) is 0.441. The zero-order valence-electron chi connectivity index (χ0n) is 2.52. The van der Waals surface area contributed by atoms with Gasteiger partial charge in [0.25, 0.3) is 0 Å². The molecular weight excluding hydrogens is 299 g/mol. The topological polar surface area (TPSA) is 57.0 Å². The minimum atomic E-state index is 0. The average Bonchev–Trinajstić information content (AvgIpc) is 0. The van der Waals surface area contributed by atoms with Gasteiger partial charge in [0.1, 0.15) is 0 Å². The van der Waals surface area contributed by atoms with Gasteiger partial charge in [-0.3, -0.25) is 0 Å². The van der Waals surface area contributed by atoms with Gasteiger partial charge in [0, 0.05) is 27.3 Å². The molecule has 0 aliphatic heterocycles. The fraction of sp³-hybridized carbons (Fsp3) is 0. The Morgan fingerprint density at radius 1 is 0.833 bits per heavy atom. The predicted octanol–water partition coefficient (Wildman–Crippen LogP) is -2.61. The van der Waals surface area contributed by atoms with E-state index in [-0.39, 0.29) is 88.0 Å². The molecule has 0 aromatic rings. The third-order valence-electron chi connectivity index (χ3n) is 0. The average molecular weight is 305 g/mol. The molecule has 6 heteroatoms. The van der Waals surface area contributed by atoms with Gasteiger partial charge in [-0.2, -0.15) is 0 Å². The molecule has 0 unspecified atom stereocenters. The Bertz CT molecular complexity index is 13.5. The van der Waals surface area contributed by atoms with Crippen molar-refractivity contribution in [2.24, 2.45) is 0 Å². The third kappa shape index (κ3) is 33.5. The van der Waals surface area contributed by atoms with Crippen LogP contribution in [-0.2, 0) is 60.0 Å². The van der Waals surface area contributed by atoms with Gasteiger partial charge in [-0.05, 0) is 11.0 Å². The van der Waals surface area contributed by atoms with Crippen molar-refractivity contribution in [2.45, 2.75) is 0 Å². The minimum absolute atomic E-state index is 0. The first-order valence-corrected chi connectivity index (χ1v) is 0. The van der Waals surface area contributed by atoms with Gasteiger partial charge in [-0.1, -0.05) is 0 Å². The Morgan fingerprint density at radius 3 is 0.833 bits per heavy atom. The molecule has 6 heavy (non-hydrogen) atoms. The molecule has 34 valence electrons. The van der Waals surface area contributed by atoms with E-state index in [1.54, 1.807) is 0 Å². The van der Waals surface area contributed by atoms with Crippen LogP contribution in [0.1, 0.15) is 0 Å². The SMILES string of the molecule is [Cd].[O-2].[O-2].[SeH2].[SiH4].[Ti+4]. The van der Waals surface area contributed by atoms with Gasteiger partial charge in [-0.15, -0.1) is 0 Å². The standard InChI is InChI=1S/Cd.2O.H2Se.H4Si.Ti/h;;;1H2;1H4;/q;2*-2;;;+4. The van der Waals surface area contributed by atoms with Crippen LogP contribution < -0.4 is 0 Å². The summed E-state index contributed by atoms with van der Waals surface area (Å²) in [6.45, 7) is 0. The molecule has 0 aliphatic carbocycles. The Labute approximate surface area is 87.0 Å². The van der Waals surface area contributed by atoms with Crippen molar-refractivity contribution in [2.75, 3.05) is 0 Å². The number of hydrogen-bond donors (Lipinski definition) is 0. The maximum atomic E-state index is 0. The van der Waals surface area contributed by atoms with Gasteiger partial charge in [0.15, 0.2) is 0 Å². The maximum absolute atomic E-state index is 0. The summed E-state index contributed by atoms with van der Waals surface area (Å²) in [6, 6.07) is 0. The molecule has 0 spiro atoms. The van der Waals surface area contributed by atoms with Crippen LogP contribution in [0.2, 0.25) is 0 Å². The summed E-state index contributed by atoms with van der Waals surface area (Å²) in [5.41, 5.74) is 0. The van der Waals surface area contributed by atoms with Crippen LogP contribution in [-0.4, -0.2) is 28.0 Å². The number of hydrogen-bond acceptors (Lipinski definition) is 0. The Kier molecular flexibility index (Phi) is 768. The van der Waals surface area contributed by atoms with Gasteiger partial charge in [0.05, 0.1) is 0 Å². The van der Waals surface area contributed by atoms with Crippen molar-refractivity contribution < 1.29 is 60.0 Å². The molecule has 0 heterocycles. The fourth-order valence-electron chi connectivity index (χ4n) is 0. The number of rotatable bonds is 0. The van der Waals surface area contributed by atoms with Crippen molar-refractivity contribution in [1.29, 1.82) is 0 Å². The molecule has 0 bridgehead atoms. The Morgan fingerprint density at radius 2 is 0.833 bits per heavy atom. The van der Waals surface area contributed by atoms with E-state index in [1.165, 1.54) is 0 Å². The summed E-state index contributed by atoms with van der Waals surface area (Å²) in [5.74, 6) is 0. The van der Waals surface area contributed by atoms with Crippen LogP contribution in [0, 0.1) is 0 Å². The van der Waals surface area contributed by atoms with Crippen LogP contribution >= 0.6 is 0 Å². The first-order valence-electron chi connectivity index (χ1n) is 0. The Hall–Kier alpha value is 2.29. The molecular formula is H6CdO2SeSiTi. The molecule has 0 rings (SSSR count). The van der Waals surface area contributed by atoms with Gasteiger partial charge >= 0.3 is 38.8 Å². The van der Waals surface area contributed by atoms with E-state index < -0.39 is 0 Å². The monoisotopic (exact) mass is 308 g/mol. The van der Waals surface area contributed by atoms with Gasteiger partial charge in [-0.25, -0.2) is 0 Å². The van der Waals surface area contributed by atoms with Crippen LogP contribution in [0.5, 0.6) is 0 Å². The molecule has 0 aromatic heterocycles. The summed E-state index contributed by atoms with van der Waals surface area (Å²) >= 11 is 0. The van der Waals surface area contributed by atoms with Crippen LogP contribution in [0.15, 0.2) is 0 Å². The normalized spacial score (nSPS) is 0. The molecule has 0 atom stereocenters. The second-order valence-corrected chi connectivity index (χ2v) is 0. The minimum Gasteiger partial charge on any atom is -0.0149 e. The summed E-state index contributed by atoms with van der Waals surface area (Å²) in [6.07, 6.45) is 0. The maximum Gasteiger partial charge on any atom is 4.00 e. The molecule has 2 nitrogen and oxygen atoms in total. The van der Waals surface area contributed by atoms with E-state index in [2.05, 4.69) is 0 Å². The summed E-state index contributed by atoms with van der Waals surface area (Å²) in [7, 11) is 0. The van der Waals surface area contributed by atoms with E-state index in [0.717, 1.165) is 0 Å². The molecule has 0 aliphatic rings. The molecule has 0 radical (unpaired) electrons. The van der Waals surface area contributed by atoms with Crippen molar-refractivity contribution in [3.63, 3.8) is 0 Å². The third-order valence-corrected chi connectivity index (χ3v) is 0.